The van der Waals surface area contributed by atoms with Crippen molar-refractivity contribution in [3.05, 3.63) is 62.9 Å². The van der Waals surface area contributed by atoms with Gasteiger partial charge >= 0.3 is 0 Å². The van der Waals surface area contributed by atoms with Crippen molar-refractivity contribution in [3.63, 3.8) is 0 Å². The number of nitrogens with zero attached hydrogens (tertiary/aromatic N) is 4. The first-order valence-corrected chi connectivity index (χ1v) is 12.8. The van der Waals surface area contributed by atoms with E-state index in [1.54, 1.807) is 24.5 Å². The van der Waals surface area contributed by atoms with Crippen molar-refractivity contribution in [1.29, 1.82) is 0 Å². The summed E-state index contributed by atoms with van der Waals surface area (Å²) in [6, 6.07) is 9.89. The van der Waals surface area contributed by atoms with E-state index in [-0.39, 0.29) is 22.2 Å². The van der Waals surface area contributed by atoms with Crippen molar-refractivity contribution in [2.24, 2.45) is 4.99 Å². The molecule has 0 radical (unpaired) electrons. The fraction of sp³-hybridized carbons (Fsp3) is 0.364. The molecule has 0 N–H and O–H groups in total. The maximum atomic E-state index is 12.9. The Labute approximate surface area is 201 Å². The molecule has 12 heteroatoms. The second kappa shape index (κ2) is 10.6. The summed E-state index contributed by atoms with van der Waals surface area (Å²) in [6.45, 7) is 6.62. The number of nitro benzene ring substituents is 1. The zero-order valence-corrected chi connectivity index (χ0v) is 20.9. The molecule has 34 heavy (non-hydrogen) atoms. The van der Waals surface area contributed by atoms with E-state index < -0.39 is 20.9 Å². The van der Waals surface area contributed by atoms with E-state index in [4.69, 9.17) is 4.74 Å². The van der Waals surface area contributed by atoms with Gasteiger partial charge in [0.15, 0.2) is 4.80 Å². The summed E-state index contributed by atoms with van der Waals surface area (Å²) < 4.78 is 34.4. The molecule has 2 aromatic carbocycles. The van der Waals surface area contributed by atoms with Gasteiger partial charge in [0.25, 0.3) is 11.6 Å². The molecule has 0 bridgehead atoms. The molecule has 0 atom stereocenters. The lowest BCUT2D eigenvalue weighted by molar-refractivity contribution is -0.384. The molecule has 1 amide bonds. The van der Waals surface area contributed by atoms with Gasteiger partial charge in [-0.15, -0.1) is 0 Å². The van der Waals surface area contributed by atoms with Gasteiger partial charge in [-0.3, -0.25) is 14.9 Å². The zero-order chi connectivity index (χ0) is 25.0. The maximum absolute atomic E-state index is 12.9. The molecule has 0 aliphatic carbocycles. The molecule has 0 aliphatic heterocycles. The molecule has 0 unspecified atom stereocenters. The van der Waals surface area contributed by atoms with Crippen molar-refractivity contribution in [2.45, 2.75) is 38.3 Å². The van der Waals surface area contributed by atoms with Crippen molar-refractivity contribution in [1.82, 2.24) is 8.87 Å². The lowest BCUT2D eigenvalue weighted by atomic mass is 10.2. The number of fused-ring (bicyclic) bond motifs is 1. The number of hydrogen-bond acceptors (Lipinski definition) is 7. The number of benzene rings is 2. The van der Waals surface area contributed by atoms with Crippen LogP contribution in [0, 0.1) is 10.1 Å². The number of aromatic nitrogens is 1. The lowest BCUT2D eigenvalue weighted by Gasteiger charge is -2.20. The largest absolute Gasteiger partial charge is 0.380 e. The van der Waals surface area contributed by atoms with Crippen LogP contribution in [0.2, 0.25) is 0 Å². The highest BCUT2D eigenvalue weighted by Crippen LogP contribution is 2.23. The summed E-state index contributed by atoms with van der Waals surface area (Å²) in [6.07, 6.45) is 0. The minimum Gasteiger partial charge on any atom is -0.380 e. The number of sulfonamides is 1. The highest BCUT2D eigenvalue weighted by Gasteiger charge is 2.23. The van der Waals surface area contributed by atoms with Gasteiger partial charge in [-0.1, -0.05) is 11.3 Å². The number of non-ortho nitro benzene ring substituents is 1. The molecular formula is C22H26N4O6S2. The fourth-order valence-corrected chi connectivity index (χ4v) is 5.54. The second-order valence-corrected chi connectivity index (χ2v) is 10.7. The number of ether oxygens (including phenoxy) is 1. The van der Waals surface area contributed by atoms with Crippen LogP contribution in [0.3, 0.4) is 0 Å². The molecule has 3 aromatic rings. The highest BCUT2D eigenvalue weighted by atomic mass is 32.2. The van der Waals surface area contributed by atoms with Gasteiger partial charge in [-0.2, -0.15) is 9.30 Å². The Morgan fingerprint density at radius 3 is 2.50 bits per heavy atom. The van der Waals surface area contributed by atoms with Crippen molar-refractivity contribution >= 4 is 43.2 Å². The fourth-order valence-electron chi connectivity index (χ4n) is 3.14. The molecule has 1 aromatic heterocycles. The molecule has 3 rings (SSSR count). The molecule has 0 saturated heterocycles. The van der Waals surface area contributed by atoms with Crippen LogP contribution in [-0.4, -0.2) is 54.4 Å². The monoisotopic (exact) mass is 506 g/mol. The van der Waals surface area contributed by atoms with Gasteiger partial charge in [-0.05, 0) is 51.1 Å². The van der Waals surface area contributed by atoms with E-state index >= 15 is 0 Å². The van der Waals surface area contributed by atoms with Gasteiger partial charge in [0.05, 0.1) is 26.6 Å². The Bertz CT molecular complexity index is 1370. The van der Waals surface area contributed by atoms with E-state index in [0.29, 0.717) is 30.1 Å². The summed E-state index contributed by atoms with van der Waals surface area (Å²) in [4.78, 5) is 28.3. The van der Waals surface area contributed by atoms with E-state index in [1.807, 2.05) is 6.92 Å². The van der Waals surface area contributed by atoms with E-state index in [9.17, 15) is 23.3 Å². The Morgan fingerprint density at radius 2 is 1.91 bits per heavy atom. The zero-order valence-electron chi connectivity index (χ0n) is 19.3. The first-order valence-electron chi connectivity index (χ1n) is 10.6. The summed E-state index contributed by atoms with van der Waals surface area (Å²) in [5, 5.41) is 11.2. The highest BCUT2D eigenvalue weighted by molar-refractivity contribution is 7.89. The summed E-state index contributed by atoms with van der Waals surface area (Å²) in [5.74, 6) is -0.549. The maximum Gasteiger partial charge on any atom is 0.279 e. The summed E-state index contributed by atoms with van der Waals surface area (Å²) >= 11 is 1.23. The van der Waals surface area contributed by atoms with Crippen LogP contribution in [0.5, 0.6) is 0 Å². The van der Waals surface area contributed by atoms with E-state index in [0.717, 1.165) is 4.70 Å². The molecule has 1 heterocycles. The lowest BCUT2D eigenvalue weighted by Crippen LogP contribution is -2.33. The summed E-state index contributed by atoms with van der Waals surface area (Å²) in [7, 11) is -2.17. The SMILES string of the molecule is CCOCCn1c(=NC(=O)c2ccc(S(=O)(=O)N(C)C(C)C)cc2)sc2ccc([N+](=O)[O-])cc21. The Hall–Kier alpha value is -2.93. The van der Waals surface area contributed by atoms with Crippen LogP contribution in [-0.2, 0) is 21.3 Å². The molecule has 0 fully saturated rings. The van der Waals surface area contributed by atoms with Gasteiger partial charge in [-0.25, -0.2) is 8.42 Å². The minimum absolute atomic E-state index is 0.0588. The first kappa shape index (κ1) is 25.7. The average molecular weight is 507 g/mol. The normalized spacial score (nSPS) is 12.7. The van der Waals surface area contributed by atoms with Crippen LogP contribution in [0.15, 0.2) is 52.4 Å². The molecule has 0 aliphatic rings. The van der Waals surface area contributed by atoms with Gasteiger partial charge in [0, 0.05) is 43.9 Å². The van der Waals surface area contributed by atoms with Crippen molar-refractivity contribution in [2.75, 3.05) is 20.3 Å². The van der Waals surface area contributed by atoms with Crippen molar-refractivity contribution < 1.29 is 22.9 Å². The van der Waals surface area contributed by atoms with Gasteiger partial charge < -0.3 is 9.30 Å². The molecule has 0 saturated carbocycles. The number of carbonyl (C=O) groups is 1. The average Bonchev–Trinajstić information content (AvgIpc) is 3.14. The predicted molar refractivity (Wildman–Crippen MR) is 129 cm³/mol. The quantitative estimate of drug-likeness (QED) is 0.249. The van der Waals surface area contributed by atoms with Gasteiger partial charge in [0.2, 0.25) is 10.0 Å². The number of carbonyl (C=O) groups excluding carboxylic acids is 1. The molecular weight excluding hydrogens is 480 g/mol. The van der Waals surface area contributed by atoms with Crippen molar-refractivity contribution in [3.8, 4) is 0 Å². The first-order chi connectivity index (χ1) is 16.1. The molecule has 10 nitrogen and oxygen atoms in total. The molecule has 0 spiro atoms. The smallest absolute Gasteiger partial charge is 0.279 e. The third-order valence-electron chi connectivity index (χ3n) is 5.24. The van der Waals surface area contributed by atoms with Gasteiger partial charge in [0.1, 0.15) is 0 Å². The number of hydrogen-bond donors (Lipinski definition) is 0. The number of amides is 1. The third kappa shape index (κ3) is 5.41. The van der Waals surface area contributed by atoms with Crippen LogP contribution in [0.25, 0.3) is 10.2 Å². The topological polar surface area (TPSA) is 124 Å². The Balaban J connectivity index is 2.00. The van der Waals surface area contributed by atoms with Crippen LogP contribution in [0.1, 0.15) is 31.1 Å². The minimum atomic E-state index is -3.67. The van der Waals surface area contributed by atoms with E-state index in [2.05, 4.69) is 4.99 Å². The number of rotatable bonds is 9. The molecule has 182 valence electrons. The Kier molecular flexibility index (Phi) is 7.97. The number of nitro groups is 1. The van der Waals surface area contributed by atoms with Crippen LogP contribution < -0.4 is 4.80 Å². The van der Waals surface area contributed by atoms with Crippen LogP contribution >= 0.6 is 11.3 Å². The van der Waals surface area contributed by atoms with Crippen LogP contribution in [0.4, 0.5) is 5.69 Å². The second-order valence-electron chi connectivity index (χ2n) is 7.70. The Morgan fingerprint density at radius 1 is 1.24 bits per heavy atom. The number of thiazole rings is 1. The summed E-state index contributed by atoms with van der Waals surface area (Å²) in [5.41, 5.74) is 0.756. The van der Waals surface area contributed by atoms with E-state index in [1.165, 1.54) is 59.1 Å². The predicted octanol–water partition coefficient (Wildman–Crippen LogP) is 3.42. The third-order valence-corrected chi connectivity index (χ3v) is 8.35. The standard InChI is InChI=1S/C22H26N4O6S2/c1-5-32-13-12-25-19-14-17(26(28)29)8-11-20(19)33-22(25)23-21(27)16-6-9-18(10-7-16)34(30,31)24(4)15(2)3/h6-11,14-15H,5,12-13H2,1-4H3.